The molecule has 4 heterocycles. The van der Waals surface area contributed by atoms with E-state index in [0.29, 0.717) is 11.6 Å². The molecule has 5 nitrogen and oxygen atoms in total. The van der Waals surface area contributed by atoms with Crippen LogP contribution >= 0.6 is 0 Å². The zero-order valence-electron chi connectivity index (χ0n) is 34.4. The quantitative estimate of drug-likeness (QED) is 0.118. The first kappa shape index (κ1) is 40.7. The maximum atomic E-state index is 6.47. The number of aromatic nitrogens is 4. The van der Waals surface area contributed by atoms with Gasteiger partial charge in [0.2, 0.25) is 5.71 Å². The number of rotatable bonds is 7. The summed E-state index contributed by atoms with van der Waals surface area (Å²) < 4.78 is 8.72. The van der Waals surface area contributed by atoms with Gasteiger partial charge < -0.3 is 14.0 Å². The minimum absolute atomic E-state index is 0. The summed E-state index contributed by atoms with van der Waals surface area (Å²) in [6.45, 7) is 18.2. The van der Waals surface area contributed by atoms with Crippen LogP contribution in [0, 0.1) is 38.8 Å². The van der Waals surface area contributed by atoms with Gasteiger partial charge in [0.1, 0.15) is 0 Å². The topological polar surface area (TPSA) is 56.7 Å². The molecular weight excluding hydrogens is 905 g/mol. The Morgan fingerprint density at radius 2 is 1.45 bits per heavy atom. The van der Waals surface area contributed by atoms with Crippen molar-refractivity contribution in [2.24, 2.45) is 5.92 Å². The fourth-order valence-electron chi connectivity index (χ4n) is 7.98. The number of nitrogens with zero attached hydrogens (tertiary/aromatic N) is 4. The zero-order valence-corrected chi connectivity index (χ0v) is 37.8. The first-order valence-electron chi connectivity index (χ1n) is 19.8. The number of imidazole rings is 1. The minimum Gasteiger partial charge on any atom is -0.486 e. The maximum absolute atomic E-state index is 6.47. The number of pyridine rings is 2. The summed E-state index contributed by atoms with van der Waals surface area (Å²) in [6.07, 6.45) is 3.24. The molecule has 0 aliphatic carbocycles. The first-order chi connectivity index (χ1) is 27.5. The van der Waals surface area contributed by atoms with Crippen molar-refractivity contribution in [2.45, 2.75) is 60.7 Å². The monoisotopic (exact) mass is 953 g/mol. The van der Waals surface area contributed by atoms with Crippen LogP contribution in [0.3, 0.4) is 0 Å². The van der Waals surface area contributed by atoms with Gasteiger partial charge in [-0.1, -0.05) is 116 Å². The van der Waals surface area contributed by atoms with E-state index >= 15 is 0 Å². The fraction of sp³-hybridized carbons (Fsp3) is 0.196. The molecule has 0 saturated heterocycles. The van der Waals surface area contributed by atoms with Crippen molar-refractivity contribution < 1.29 is 24.5 Å². The Bertz CT molecular complexity index is 2850. The summed E-state index contributed by atoms with van der Waals surface area (Å²) in [5.74, 6) is 1.48. The molecule has 0 saturated carbocycles. The number of para-hydroxylation sites is 2. The number of hydrogen-bond donors (Lipinski definition) is 0. The zero-order chi connectivity index (χ0) is 39.8. The van der Waals surface area contributed by atoms with Gasteiger partial charge >= 0.3 is 0 Å². The molecule has 293 valence electrons. The SMILES string of the molecule is CC(C)Cc1cc(-c2[c-]cccc2)ncc1[Si](C)(C)C.Cc1cc(C)c(-n2c(-c3[c-]ccc4c3oc3nc(-c5ccccc5)ccc34)nc3ccccc32)c(C)c1.[Ir]. The number of benzene rings is 5. The molecule has 5 aromatic carbocycles. The van der Waals surface area contributed by atoms with E-state index in [1.54, 1.807) is 0 Å². The predicted octanol–water partition coefficient (Wildman–Crippen LogP) is 12.7. The van der Waals surface area contributed by atoms with Crippen LogP contribution in [0.1, 0.15) is 36.1 Å². The molecule has 9 rings (SSSR count). The van der Waals surface area contributed by atoms with E-state index in [0.717, 1.165) is 73.4 Å². The van der Waals surface area contributed by atoms with Gasteiger partial charge in [0, 0.05) is 42.9 Å². The summed E-state index contributed by atoms with van der Waals surface area (Å²) in [5.41, 5.74) is 14.5. The summed E-state index contributed by atoms with van der Waals surface area (Å²) in [7, 11) is -1.34. The molecule has 9 aromatic rings. The van der Waals surface area contributed by atoms with Crippen LogP contribution in [0.25, 0.3) is 72.7 Å². The van der Waals surface area contributed by atoms with Crippen LogP contribution in [-0.4, -0.2) is 27.6 Å². The van der Waals surface area contributed by atoms with Crippen molar-refractivity contribution in [3.63, 3.8) is 0 Å². The van der Waals surface area contributed by atoms with Crippen LogP contribution in [-0.2, 0) is 26.5 Å². The average Bonchev–Trinajstić information content (AvgIpc) is 3.76. The van der Waals surface area contributed by atoms with Crippen molar-refractivity contribution in [3.05, 3.63) is 162 Å². The maximum Gasteiger partial charge on any atom is 0.216 e. The van der Waals surface area contributed by atoms with Crippen LogP contribution in [0.5, 0.6) is 0 Å². The number of fused-ring (bicyclic) bond motifs is 4. The van der Waals surface area contributed by atoms with E-state index < -0.39 is 8.07 Å². The van der Waals surface area contributed by atoms with E-state index in [1.165, 1.54) is 27.4 Å². The van der Waals surface area contributed by atoms with E-state index in [1.807, 2.05) is 54.6 Å². The van der Waals surface area contributed by atoms with Gasteiger partial charge in [0.05, 0.1) is 36.2 Å². The van der Waals surface area contributed by atoms with E-state index in [9.17, 15) is 0 Å². The first-order valence-corrected chi connectivity index (χ1v) is 23.3. The average molecular weight is 953 g/mol. The summed E-state index contributed by atoms with van der Waals surface area (Å²) >= 11 is 0. The molecule has 1 radical (unpaired) electrons. The van der Waals surface area contributed by atoms with Crippen molar-refractivity contribution in [2.75, 3.05) is 0 Å². The van der Waals surface area contributed by atoms with Crippen molar-refractivity contribution >= 4 is 46.4 Å². The summed E-state index contributed by atoms with van der Waals surface area (Å²) in [5, 5.41) is 3.48. The summed E-state index contributed by atoms with van der Waals surface area (Å²) in [6, 6.07) is 48.1. The molecule has 0 N–H and O–H groups in total. The molecule has 0 bridgehead atoms. The smallest absolute Gasteiger partial charge is 0.216 e. The Kier molecular flexibility index (Phi) is 11.8. The van der Waals surface area contributed by atoms with E-state index in [4.69, 9.17) is 14.4 Å². The second-order valence-corrected chi connectivity index (χ2v) is 21.5. The van der Waals surface area contributed by atoms with Crippen molar-refractivity contribution in [3.8, 4) is 39.6 Å². The normalized spacial score (nSPS) is 11.5. The molecule has 7 heteroatoms. The van der Waals surface area contributed by atoms with Gasteiger partial charge in [0.15, 0.2) is 0 Å². The predicted molar refractivity (Wildman–Crippen MR) is 240 cm³/mol. The second kappa shape index (κ2) is 16.8. The third-order valence-corrected chi connectivity index (χ3v) is 12.5. The molecule has 0 aliphatic heterocycles. The van der Waals surface area contributed by atoms with Gasteiger partial charge in [0.25, 0.3) is 0 Å². The Labute approximate surface area is 356 Å². The van der Waals surface area contributed by atoms with Gasteiger partial charge in [-0.2, -0.15) is 0 Å². The number of hydrogen-bond acceptors (Lipinski definition) is 4. The van der Waals surface area contributed by atoms with Crippen LogP contribution in [0.15, 0.2) is 132 Å². The largest absolute Gasteiger partial charge is 0.486 e. The molecule has 58 heavy (non-hydrogen) atoms. The van der Waals surface area contributed by atoms with Gasteiger partial charge in [-0.05, 0) is 79.4 Å². The standard InChI is InChI=1S/C33H24N3O.C18H24NSi.Ir/c1-20-18-21(2)30(22(3)19-20)36-29-15-8-7-14-28(29)34-32(36)26-13-9-12-24-25-16-17-27(23-10-5-4-6-11-23)35-33(25)37-31(24)26;1-14(2)11-16-12-17(15-9-7-6-8-10-15)19-13-18(16)20(3,4)5;/h4-12,14-19H,1-3H3;6-9,12-14H,11H2,1-5H3;/q2*-1;. The van der Waals surface area contributed by atoms with E-state index in [-0.39, 0.29) is 20.1 Å². The molecule has 0 fully saturated rings. The Morgan fingerprint density at radius 3 is 2.16 bits per heavy atom. The number of aryl methyl sites for hydroxylation is 3. The Hall–Kier alpha value is -5.46. The van der Waals surface area contributed by atoms with E-state index in [2.05, 4.69) is 149 Å². The molecule has 4 aromatic heterocycles. The third-order valence-electron chi connectivity index (χ3n) is 10.4. The fourth-order valence-corrected chi connectivity index (χ4v) is 9.57. The van der Waals surface area contributed by atoms with Gasteiger partial charge in [-0.3, -0.25) is 4.98 Å². The van der Waals surface area contributed by atoms with Crippen LogP contribution < -0.4 is 5.19 Å². The molecule has 0 atom stereocenters. The van der Waals surface area contributed by atoms with Gasteiger partial charge in [-0.15, -0.1) is 54.1 Å². The minimum atomic E-state index is -1.34. The second-order valence-electron chi connectivity index (χ2n) is 16.5. The van der Waals surface area contributed by atoms with Crippen molar-refractivity contribution in [1.29, 1.82) is 0 Å². The van der Waals surface area contributed by atoms with Crippen molar-refractivity contribution in [1.82, 2.24) is 19.5 Å². The third kappa shape index (κ3) is 8.13. The number of furan rings is 1. The Morgan fingerprint density at radius 1 is 0.724 bits per heavy atom. The molecule has 0 amide bonds. The van der Waals surface area contributed by atoms with Crippen LogP contribution in [0.2, 0.25) is 19.6 Å². The van der Waals surface area contributed by atoms with Crippen LogP contribution in [0.4, 0.5) is 0 Å². The summed E-state index contributed by atoms with van der Waals surface area (Å²) in [4.78, 5) is 14.7. The molecule has 0 spiro atoms. The molecule has 0 aliphatic rings. The molecular formula is C51H48IrN4OSi-2. The van der Waals surface area contributed by atoms with Gasteiger partial charge in [-0.25, -0.2) is 4.98 Å². The Balaban J connectivity index is 0.000000208. The molecule has 0 unspecified atom stereocenters.